The van der Waals surface area contributed by atoms with E-state index in [-0.39, 0.29) is 31.0 Å². The van der Waals surface area contributed by atoms with Gasteiger partial charge in [0, 0.05) is 63.4 Å². The van der Waals surface area contributed by atoms with Crippen molar-refractivity contribution in [2.24, 2.45) is 0 Å². The molecular formula is C29H36N4O5. The molecule has 1 saturated heterocycles. The van der Waals surface area contributed by atoms with Gasteiger partial charge in [-0.15, -0.1) is 0 Å². The molecule has 0 aliphatic carbocycles. The summed E-state index contributed by atoms with van der Waals surface area (Å²) in [5.41, 5.74) is 3.71. The summed E-state index contributed by atoms with van der Waals surface area (Å²) in [6, 6.07) is 13.9. The van der Waals surface area contributed by atoms with Crippen molar-refractivity contribution in [3.63, 3.8) is 0 Å². The molecule has 0 saturated carbocycles. The zero-order chi connectivity index (χ0) is 27.4. The van der Waals surface area contributed by atoms with Gasteiger partial charge in [0.25, 0.3) is 11.8 Å². The minimum atomic E-state index is -0.407. The Labute approximate surface area is 223 Å². The highest BCUT2D eigenvalue weighted by Crippen LogP contribution is 2.29. The fourth-order valence-corrected chi connectivity index (χ4v) is 4.73. The number of methoxy groups -OCH3 is 1. The lowest BCUT2D eigenvalue weighted by Gasteiger charge is -2.40. The molecule has 0 spiro atoms. The van der Waals surface area contributed by atoms with E-state index >= 15 is 0 Å². The van der Waals surface area contributed by atoms with Crippen LogP contribution in [0.25, 0.3) is 10.9 Å². The maximum absolute atomic E-state index is 13.8. The van der Waals surface area contributed by atoms with Crippen LogP contribution in [0.1, 0.15) is 28.4 Å². The second-order valence-corrected chi connectivity index (χ2v) is 10.1. The Morgan fingerprint density at radius 3 is 2.45 bits per heavy atom. The van der Waals surface area contributed by atoms with Crippen LogP contribution in [0.2, 0.25) is 0 Å². The van der Waals surface area contributed by atoms with Gasteiger partial charge in [-0.25, -0.2) is 0 Å². The lowest BCUT2D eigenvalue weighted by molar-refractivity contribution is -0.141. The maximum Gasteiger partial charge on any atom is 0.325 e. The molecule has 1 fully saturated rings. The number of benzene rings is 2. The second kappa shape index (κ2) is 11.7. The number of fused-ring (bicyclic) bond motifs is 1. The number of hydrogen-bond acceptors (Lipinski definition) is 6. The molecule has 0 N–H and O–H groups in total. The first-order valence-electron chi connectivity index (χ1n) is 12.8. The molecule has 3 aromatic rings. The fraction of sp³-hybridized carbons (Fsp3) is 0.414. The van der Waals surface area contributed by atoms with Crippen LogP contribution in [0, 0.1) is 6.92 Å². The molecule has 2 heterocycles. The number of hydrogen-bond donors (Lipinski definition) is 0. The van der Waals surface area contributed by atoms with Crippen LogP contribution in [-0.4, -0.2) is 90.5 Å². The minimum Gasteiger partial charge on any atom is -0.484 e. The Kier molecular flexibility index (Phi) is 8.36. The standard InChI is InChI=1S/C29H36N4O5/c1-20-6-8-22(9-7-20)16-31-12-13-33(21(2)15-31)29(36)25-17-32(18-28(35)37-5)26-11-10-23(14-24(25)26)38-19-27(34)30(3)4/h6-11,14,17,21H,12-13,15-16,18-19H2,1-5H3/t21-/m1/s1. The number of ether oxygens (including phenoxy) is 2. The molecule has 4 rings (SSSR count). The van der Waals surface area contributed by atoms with Gasteiger partial charge in [-0.1, -0.05) is 29.8 Å². The molecule has 1 aromatic heterocycles. The van der Waals surface area contributed by atoms with Gasteiger partial charge in [0.15, 0.2) is 6.61 Å². The number of nitrogens with zero attached hydrogens (tertiary/aromatic N) is 4. The number of carbonyl (C=O) groups excluding carboxylic acids is 3. The van der Waals surface area contributed by atoms with Crippen molar-refractivity contribution >= 4 is 28.7 Å². The molecule has 202 valence electrons. The van der Waals surface area contributed by atoms with E-state index in [1.54, 1.807) is 43.1 Å². The molecule has 9 heteroatoms. The average Bonchev–Trinajstić information content (AvgIpc) is 3.25. The number of aryl methyl sites for hydroxylation is 1. The molecule has 1 atom stereocenters. The van der Waals surface area contributed by atoms with Gasteiger partial charge < -0.3 is 23.8 Å². The second-order valence-electron chi connectivity index (χ2n) is 10.1. The van der Waals surface area contributed by atoms with Gasteiger partial charge >= 0.3 is 5.97 Å². The van der Waals surface area contributed by atoms with Gasteiger partial charge in [-0.2, -0.15) is 0 Å². The van der Waals surface area contributed by atoms with Gasteiger partial charge in [-0.05, 0) is 37.6 Å². The Balaban J connectivity index is 1.56. The van der Waals surface area contributed by atoms with Crippen molar-refractivity contribution in [3.05, 3.63) is 65.4 Å². The number of aromatic nitrogens is 1. The zero-order valence-electron chi connectivity index (χ0n) is 22.8. The van der Waals surface area contributed by atoms with Gasteiger partial charge in [0.2, 0.25) is 0 Å². The summed E-state index contributed by atoms with van der Waals surface area (Å²) in [6.45, 7) is 7.00. The Morgan fingerprint density at radius 2 is 1.79 bits per heavy atom. The van der Waals surface area contributed by atoms with E-state index < -0.39 is 5.97 Å². The van der Waals surface area contributed by atoms with E-state index in [9.17, 15) is 14.4 Å². The number of esters is 1. The third-order valence-electron chi connectivity index (χ3n) is 6.97. The summed E-state index contributed by atoms with van der Waals surface area (Å²) in [5.74, 6) is -0.186. The van der Waals surface area contributed by atoms with Crippen LogP contribution >= 0.6 is 0 Å². The van der Waals surface area contributed by atoms with Crippen molar-refractivity contribution in [1.82, 2.24) is 19.3 Å². The van der Waals surface area contributed by atoms with E-state index in [2.05, 4.69) is 43.0 Å². The quantitative estimate of drug-likeness (QED) is 0.425. The summed E-state index contributed by atoms with van der Waals surface area (Å²) < 4.78 is 12.3. The average molecular weight is 521 g/mol. The molecule has 1 aliphatic rings. The topological polar surface area (TPSA) is 84.3 Å². The van der Waals surface area contributed by atoms with Crippen LogP contribution in [-0.2, 0) is 27.4 Å². The van der Waals surface area contributed by atoms with Crippen molar-refractivity contribution < 1.29 is 23.9 Å². The van der Waals surface area contributed by atoms with Crippen LogP contribution < -0.4 is 4.74 Å². The molecule has 2 amide bonds. The highest BCUT2D eigenvalue weighted by Gasteiger charge is 2.30. The highest BCUT2D eigenvalue weighted by molar-refractivity contribution is 6.07. The summed E-state index contributed by atoms with van der Waals surface area (Å²) in [4.78, 5) is 43.6. The van der Waals surface area contributed by atoms with Gasteiger partial charge in [0.05, 0.1) is 12.7 Å². The van der Waals surface area contributed by atoms with Crippen LogP contribution in [0.4, 0.5) is 0 Å². The molecule has 1 aliphatic heterocycles. The zero-order valence-corrected chi connectivity index (χ0v) is 22.8. The normalized spacial score (nSPS) is 15.9. The monoisotopic (exact) mass is 520 g/mol. The minimum absolute atomic E-state index is 0.0119. The molecule has 9 nitrogen and oxygen atoms in total. The van der Waals surface area contributed by atoms with E-state index in [1.807, 2.05) is 4.90 Å². The number of amides is 2. The van der Waals surface area contributed by atoms with E-state index in [0.29, 0.717) is 23.2 Å². The fourth-order valence-electron chi connectivity index (χ4n) is 4.73. The smallest absolute Gasteiger partial charge is 0.325 e. The SMILES string of the molecule is COC(=O)Cn1cc(C(=O)N2CCN(Cc3ccc(C)cc3)C[C@H]2C)c2cc(OCC(=O)N(C)C)ccc21. The van der Waals surface area contributed by atoms with Crippen LogP contribution in [0.15, 0.2) is 48.7 Å². The summed E-state index contributed by atoms with van der Waals surface area (Å²) in [5, 5.41) is 0.669. The highest BCUT2D eigenvalue weighted by atomic mass is 16.5. The number of carbonyl (C=O) groups is 3. The Bertz CT molecular complexity index is 1310. The maximum atomic E-state index is 13.8. The molecular weight excluding hydrogens is 484 g/mol. The predicted molar refractivity (Wildman–Crippen MR) is 145 cm³/mol. The largest absolute Gasteiger partial charge is 0.484 e. The number of piperazine rings is 1. The van der Waals surface area contributed by atoms with Gasteiger partial charge in [0.1, 0.15) is 12.3 Å². The lowest BCUT2D eigenvalue weighted by atomic mass is 10.1. The number of likely N-dealkylation sites (N-methyl/N-ethyl adjacent to an activating group) is 1. The summed E-state index contributed by atoms with van der Waals surface area (Å²) in [6.07, 6.45) is 1.71. The number of rotatable bonds is 8. The molecule has 0 unspecified atom stereocenters. The van der Waals surface area contributed by atoms with Crippen LogP contribution in [0.5, 0.6) is 5.75 Å². The summed E-state index contributed by atoms with van der Waals surface area (Å²) >= 11 is 0. The van der Waals surface area contributed by atoms with E-state index in [0.717, 1.165) is 25.2 Å². The first-order valence-corrected chi connectivity index (χ1v) is 12.8. The van der Waals surface area contributed by atoms with E-state index in [1.165, 1.54) is 23.1 Å². The van der Waals surface area contributed by atoms with Crippen LogP contribution in [0.3, 0.4) is 0 Å². The van der Waals surface area contributed by atoms with E-state index in [4.69, 9.17) is 9.47 Å². The Morgan fingerprint density at radius 1 is 1.05 bits per heavy atom. The van der Waals surface area contributed by atoms with Crippen molar-refractivity contribution in [2.45, 2.75) is 33.0 Å². The van der Waals surface area contributed by atoms with Crippen molar-refractivity contribution in [1.29, 1.82) is 0 Å². The predicted octanol–water partition coefficient (Wildman–Crippen LogP) is 2.94. The Hall–Kier alpha value is -3.85. The first-order chi connectivity index (χ1) is 18.2. The molecule has 0 radical (unpaired) electrons. The molecule has 38 heavy (non-hydrogen) atoms. The molecule has 0 bridgehead atoms. The first kappa shape index (κ1) is 27.2. The van der Waals surface area contributed by atoms with Crippen molar-refractivity contribution in [2.75, 3.05) is 47.4 Å². The third-order valence-corrected chi connectivity index (χ3v) is 6.97. The lowest BCUT2D eigenvalue weighted by Crippen LogP contribution is -2.53. The third kappa shape index (κ3) is 6.16. The van der Waals surface area contributed by atoms with Gasteiger partial charge in [-0.3, -0.25) is 19.3 Å². The molecule has 2 aromatic carbocycles. The van der Waals surface area contributed by atoms with Crippen molar-refractivity contribution in [3.8, 4) is 5.75 Å². The summed E-state index contributed by atoms with van der Waals surface area (Å²) in [7, 11) is 4.67.